The molecule has 30 heavy (non-hydrogen) atoms. The van der Waals surface area contributed by atoms with Gasteiger partial charge in [-0.3, -0.25) is 19.9 Å². The second-order valence-corrected chi connectivity index (χ2v) is 6.31. The first-order valence-corrected chi connectivity index (χ1v) is 8.91. The molecule has 3 N–H and O–H groups in total. The van der Waals surface area contributed by atoms with Gasteiger partial charge in [-0.1, -0.05) is 35.5 Å². The minimum Gasteiger partial charge on any atom is -0.366 e. The number of halogens is 1. The zero-order chi connectivity index (χ0) is 21.1. The van der Waals surface area contributed by atoms with Crippen molar-refractivity contribution in [3.8, 4) is 22.4 Å². The van der Waals surface area contributed by atoms with Crippen molar-refractivity contribution in [2.24, 2.45) is 5.73 Å². The van der Waals surface area contributed by atoms with Crippen LogP contribution in [0.5, 0.6) is 0 Å². The van der Waals surface area contributed by atoms with Gasteiger partial charge in [-0.05, 0) is 30.3 Å². The average molecular weight is 402 g/mol. The van der Waals surface area contributed by atoms with Gasteiger partial charge in [-0.25, -0.2) is 4.39 Å². The number of carbonyl (C=O) groups excluding carboxylic acids is 2. The summed E-state index contributed by atoms with van der Waals surface area (Å²) in [6, 6.07) is 15.6. The fourth-order valence-corrected chi connectivity index (χ4v) is 3.06. The summed E-state index contributed by atoms with van der Waals surface area (Å²) in [7, 11) is 0. The lowest BCUT2D eigenvalue weighted by Crippen LogP contribution is -2.15. The van der Waals surface area contributed by atoms with E-state index < -0.39 is 17.6 Å². The van der Waals surface area contributed by atoms with Gasteiger partial charge in [0, 0.05) is 29.1 Å². The van der Waals surface area contributed by atoms with Crippen molar-refractivity contribution in [1.29, 1.82) is 0 Å². The Kier molecular flexibility index (Phi) is 5.04. The maximum absolute atomic E-state index is 14.0. The lowest BCUT2D eigenvalue weighted by atomic mass is 9.96. The number of anilines is 1. The molecule has 0 saturated carbocycles. The van der Waals surface area contributed by atoms with E-state index in [1.807, 2.05) is 0 Å². The Bertz CT molecular complexity index is 1240. The van der Waals surface area contributed by atoms with Crippen LogP contribution in [0.3, 0.4) is 0 Å². The van der Waals surface area contributed by atoms with Crippen LogP contribution in [0.4, 0.5) is 10.3 Å². The summed E-state index contributed by atoms with van der Waals surface area (Å²) in [6.07, 6.45) is 3.15. The monoisotopic (exact) mass is 402 g/mol. The zero-order valence-electron chi connectivity index (χ0n) is 15.5. The molecular weight excluding hydrogens is 387 g/mol. The Morgan fingerprint density at radius 3 is 2.30 bits per heavy atom. The molecule has 0 aliphatic rings. The Labute approximate surface area is 170 Å². The Hall–Kier alpha value is -4.33. The van der Waals surface area contributed by atoms with Crippen LogP contribution in [0.15, 0.2) is 77.6 Å². The van der Waals surface area contributed by atoms with E-state index >= 15 is 0 Å². The Balaban J connectivity index is 1.87. The highest BCUT2D eigenvalue weighted by molar-refractivity contribution is 6.08. The first kappa shape index (κ1) is 19.0. The molecule has 0 spiro atoms. The molecule has 0 radical (unpaired) electrons. The Morgan fingerprint density at radius 2 is 1.60 bits per heavy atom. The van der Waals surface area contributed by atoms with Crippen LogP contribution >= 0.6 is 0 Å². The Morgan fingerprint density at radius 1 is 0.933 bits per heavy atom. The van der Waals surface area contributed by atoms with Crippen LogP contribution in [0.25, 0.3) is 22.4 Å². The molecule has 2 heterocycles. The van der Waals surface area contributed by atoms with Gasteiger partial charge in [0.1, 0.15) is 11.5 Å². The van der Waals surface area contributed by atoms with E-state index in [-0.39, 0.29) is 17.0 Å². The number of nitrogens with one attached hydrogen (secondary N) is 1. The quantitative estimate of drug-likeness (QED) is 0.526. The van der Waals surface area contributed by atoms with Crippen molar-refractivity contribution in [3.05, 3.63) is 90.0 Å². The van der Waals surface area contributed by atoms with Gasteiger partial charge < -0.3 is 10.3 Å². The van der Waals surface area contributed by atoms with Gasteiger partial charge in [0.05, 0.1) is 11.1 Å². The van der Waals surface area contributed by atoms with Crippen LogP contribution in [0.2, 0.25) is 0 Å². The molecule has 0 aliphatic carbocycles. The topological polar surface area (TPSA) is 111 Å². The summed E-state index contributed by atoms with van der Waals surface area (Å²) in [4.78, 5) is 28.6. The molecule has 2 aromatic heterocycles. The summed E-state index contributed by atoms with van der Waals surface area (Å²) in [6.45, 7) is 0. The number of hydrogen-bond donors (Lipinski definition) is 2. The average Bonchev–Trinajstić information content (AvgIpc) is 3.17. The normalized spacial score (nSPS) is 10.6. The summed E-state index contributed by atoms with van der Waals surface area (Å²) in [5.74, 6) is -2.09. The molecule has 4 rings (SSSR count). The third kappa shape index (κ3) is 3.53. The van der Waals surface area contributed by atoms with E-state index in [4.69, 9.17) is 10.3 Å². The number of pyridine rings is 1. The number of primary amides is 1. The van der Waals surface area contributed by atoms with Crippen molar-refractivity contribution in [1.82, 2.24) is 10.1 Å². The predicted octanol–water partition coefficient (Wildman–Crippen LogP) is 3.89. The zero-order valence-corrected chi connectivity index (χ0v) is 15.5. The molecule has 7 nitrogen and oxygen atoms in total. The van der Waals surface area contributed by atoms with Crippen molar-refractivity contribution >= 4 is 17.7 Å². The molecule has 4 aromatic rings. The standard InChI is InChI=1S/C22H15FN4O3/c23-17-8-4-3-7-16(17)21(29)26-22-18(14-5-1-2-6-15(14)20(24)28)19(27-30-22)13-9-11-25-12-10-13/h1-12H,(H2,24,28)(H,26,29). The molecular formula is C22H15FN4O3. The van der Waals surface area contributed by atoms with Crippen LogP contribution in [-0.2, 0) is 0 Å². The molecule has 0 bridgehead atoms. The molecule has 2 amide bonds. The van der Waals surface area contributed by atoms with Gasteiger partial charge >= 0.3 is 0 Å². The SMILES string of the molecule is NC(=O)c1ccccc1-c1c(-c2ccncc2)noc1NC(=O)c1ccccc1F. The fraction of sp³-hybridized carbons (Fsp3) is 0. The molecule has 0 unspecified atom stereocenters. The number of carbonyl (C=O) groups is 2. The van der Waals surface area contributed by atoms with Gasteiger partial charge in [-0.15, -0.1) is 0 Å². The summed E-state index contributed by atoms with van der Waals surface area (Å²) in [5.41, 5.74) is 7.38. The number of aromatic nitrogens is 2. The molecule has 148 valence electrons. The van der Waals surface area contributed by atoms with Crippen molar-refractivity contribution in [2.45, 2.75) is 0 Å². The molecule has 0 fully saturated rings. The fourth-order valence-electron chi connectivity index (χ4n) is 3.06. The minimum atomic E-state index is -0.719. The molecule has 8 heteroatoms. The van der Waals surface area contributed by atoms with Gasteiger partial charge in [0.15, 0.2) is 0 Å². The maximum Gasteiger partial charge on any atom is 0.261 e. The summed E-state index contributed by atoms with van der Waals surface area (Å²) in [5, 5.41) is 6.62. The smallest absolute Gasteiger partial charge is 0.261 e. The number of benzene rings is 2. The van der Waals surface area contributed by atoms with E-state index in [1.165, 1.54) is 18.2 Å². The van der Waals surface area contributed by atoms with E-state index in [0.29, 0.717) is 22.4 Å². The van der Waals surface area contributed by atoms with Crippen LogP contribution in [-0.4, -0.2) is 22.0 Å². The molecule has 2 aromatic carbocycles. The van der Waals surface area contributed by atoms with Crippen molar-refractivity contribution < 1.29 is 18.5 Å². The van der Waals surface area contributed by atoms with E-state index in [1.54, 1.807) is 54.9 Å². The highest BCUT2D eigenvalue weighted by Crippen LogP contribution is 2.39. The number of amides is 2. The first-order chi connectivity index (χ1) is 14.6. The maximum atomic E-state index is 14.0. The number of nitrogens with two attached hydrogens (primary N) is 1. The van der Waals surface area contributed by atoms with Crippen LogP contribution < -0.4 is 11.1 Å². The van der Waals surface area contributed by atoms with E-state index in [9.17, 15) is 14.0 Å². The third-order valence-corrected chi connectivity index (χ3v) is 4.45. The van der Waals surface area contributed by atoms with Crippen LogP contribution in [0, 0.1) is 5.82 Å². The summed E-state index contributed by atoms with van der Waals surface area (Å²) < 4.78 is 19.4. The molecule has 0 saturated heterocycles. The first-order valence-electron chi connectivity index (χ1n) is 8.91. The lowest BCUT2D eigenvalue weighted by Gasteiger charge is -2.09. The summed E-state index contributed by atoms with van der Waals surface area (Å²) >= 11 is 0. The number of rotatable bonds is 5. The minimum absolute atomic E-state index is 0.0382. The second-order valence-electron chi connectivity index (χ2n) is 6.31. The molecule has 0 aliphatic heterocycles. The van der Waals surface area contributed by atoms with Gasteiger partial charge in [0.25, 0.3) is 5.91 Å². The second kappa shape index (κ2) is 7.96. The lowest BCUT2D eigenvalue weighted by molar-refractivity contribution is 0.0997. The predicted molar refractivity (Wildman–Crippen MR) is 108 cm³/mol. The highest BCUT2D eigenvalue weighted by atomic mass is 19.1. The number of nitrogens with zero attached hydrogens (tertiary/aromatic N) is 2. The number of hydrogen-bond acceptors (Lipinski definition) is 5. The van der Waals surface area contributed by atoms with Crippen molar-refractivity contribution in [2.75, 3.05) is 5.32 Å². The van der Waals surface area contributed by atoms with Crippen molar-refractivity contribution in [3.63, 3.8) is 0 Å². The van der Waals surface area contributed by atoms with E-state index in [0.717, 1.165) is 0 Å². The van der Waals surface area contributed by atoms with Gasteiger partial charge in [-0.2, -0.15) is 0 Å². The van der Waals surface area contributed by atoms with Crippen LogP contribution in [0.1, 0.15) is 20.7 Å². The van der Waals surface area contributed by atoms with E-state index in [2.05, 4.69) is 15.5 Å². The molecule has 0 atom stereocenters. The highest BCUT2D eigenvalue weighted by Gasteiger charge is 2.25. The largest absolute Gasteiger partial charge is 0.366 e. The third-order valence-electron chi connectivity index (χ3n) is 4.45. The van der Waals surface area contributed by atoms with Gasteiger partial charge in [0.2, 0.25) is 11.8 Å².